The predicted molar refractivity (Wildman–Crippen MR) is 133 cm³/mol. The van der Waals surface area contributed by atoms with Crippen molar-refractivity contribution in [2.24, 2.45) is 11.3 Å². The second-order valence-electron chi connectivity index (χ2n) is 10.7. The Labute approximate surface area is 198 Å². The molecule has 0 bridgehead atoms. The molecule has 174 valence electrons. The normalized spacial score (nSPS) is 22.1. The smallest absolute Gasteiger partial charge is 0.222 e. The van der Waals surface area contributed by atoms with E-state index < -0.39 is 0 Å². The standard InChI is InChI=1S/C29H36N2O2/c1-19-15-28(5,6)17-29(16-19,23-8-10-25(32-7)20(2)12-23)24-9-11-26(21(3)13-24)33-27-14-22(4)30-18-31-27/h8-14,18-19H,15-17H2,1-7H3. The Balaban J connectivity index is 1.79. The molecule has 0 saturated heterocycles. The Morgan fingerprint density at radius 1 is 0.848 bits per heavy atom. The van der Waals surface area contributed by atoms with Crippen LogP contribution in [0.5, 0.6) is 17.4 Å². The largest absolute Gasteiger partial charge is 0.496 e. The maximum atomic E-state index is 6.11. The van der Waals surface area contributed by atoms with Crippen molar-refractivity contribution in [3.63, 3.8) is 0 Å². The Morgan fingerprint density at radius 3 is 2.03 bits per heavy atom. The van der Waals surface area contributed by atoms with Gasteiger partial charge in [0.2, 0.25) is 5.88 Å². The number of hydrogen-bond donors (Lipinski definition) is 0. The second kappa shape index (κ2) is 8.81. The molecule has 1 fully saturated rings. The molecule has 0 spiro atoms. The van der Waals surface area contributed by atoms with Gasteiger partial charge >= 0.3 is 0 Å². The van der Waals surface area contributed by atoms with Crippen molar-refractivity contribution in [3.8, 4) is 17.4 Å². The molecule has 33 heavy (non-hydrogen) atoms. The van der Waals surface area contributed by atoms with Crippen LogP contribution in [-0.2, 0) is 5.41 Å². The number of methoxy groups -OCH3 is 1. The fraction of sp³-hybridized carbons (Fsp3) is 0.448. The van der Waals surface area contributed by atoms with Crippen molar-refractivity contribution in [1.29, 1.82) is 0 Å². The Hall–Kier alpha value is -2.88. The highest BCUT2D eigenvalue weighted by molar-refractivity contribution is 5.49. The lowest BCUT2D eigenvalue weighted by molar-refractivity contribution is 0.126. The molecule has 2 unspecified atom stereocenters. The van der Waals surface area contributed by atoms with E-state index in [-0.39, 0.29) is 10.8 Å². The maximum absolute atomic E-state index is 6.11. The number of hydrogen-bond acceptors (Lipinski definition) is 4. The third kappa shape index (κ3) is 4.75. The van der Waals surface area contributed by atoms with Crippen LogP contribution in [0.1, 0.15) is 68.0 Å². The van der Waals surface area contributed by atoms with Gasteiger partial charge in [0.15, 0.2) is 0 Å². The quantitative estimate of drug-likeness (QED) is 0.413. The van der Waals surface area contributed by atoms with Gasteiger partial charge in [0.05, 0.1) is 7.11 Å². The molecule has 4 heteroatoms. The molecule has 1 aliphatic rings. The third-order valence-electron chi connectivity index (χ3n) is 7.05. The summed E-state index contributed by atoms with van der Waals surface area (Å²) in [4.78, 5) is 8.42. The average Bonchev–Trinajstić information content (AvgIpc) is 2.73. The molecule has 1 heterocycles. The van der Waals surface area contributed by atoms with Gasteiger partial charge in [-0.3, -0.25) is 0 Å². The molecule has 0 aliphatic heterocycles. The van der Waals surface area contributed by atoms with Crippen molar-refractivity contribution >= 4 is 0 Å². The van der Waals surface area contributed by atoms with E-state index in [4.69, 9.17) is 9.47 Å². The number of rotatable bonds is 5. The van der Waals surface area contributed by atoms with Gasteiger partial charge in [-0.05, 0) is 85.8 Å². The molecule has 4 nitrogen and oxygen atoms in total. The van der Waals surface area contributed by atoms with Crippen LogP contribution in [0.15, 0.2) is 48.8 Å². The molecular weight excluding hydrogens is 408 g/mol. The van der Waals surface area contributed by atoms with Crippen LogP contribution in [0.25, 0.3) is 0 Å². The molecule has 2 atom stereocenters. The van der Waals surface area contributed by atoms with E-state index in [2.05, 4.69) is 81.0 Å². The highest BCUT2D eigenvalue weighted by atomic mass is 16.5. The van der Waals surface area contributed by atoms with E-state index >= 15 is 0 Å². The minimum Gasteiger partial charge on any atom is -0.496 e. The molecule has 1 aliphatic carbocycles. The van der Waals surface area contributed by atoms with Gasteiger partial charge in [0, 0.05) is 17.2 Å². The van der Waals surface area contributed by atoms with Crippen LogP contribution in [0.2, 0.25) is 0 Å². The Bertz CT molecular complexity index is 1150. The summed E-state index contributed by atoms with van der Waals surface area (Å²) < 4.78 is 11.7. The lowest BCUT2D eigenvalue weighted by Crippen LogP contribution is -2.41. The summed E-state index contributed by atoms with van der Waals surface area (Å²) in [6.07, 6.45) is 5.03. The first kappa shape index (κ1) is 23.3. The Morgan fingerprint density at radius 2 is 1.48 bits per heavy atom. The van der Waals surface area contributed by atoms with Gasteiger partial charge in [-0.15, -0.1) is 0 Å². The molecule has 0 amide bonds. The van der Waals surface area contributed by atoms with E-state index in [0.29, 0.717) is 11.8 Å². The van der Waals surface area contributed by atoms with E-state index in [1.54, 1.807) is 13.4 Å². The summed E-state index contributed by atoms with van der Waals surface area (Å²) in [6, 6.07) is 15.3. The first-order chi connectivity index (χ1) is 15.6. The van der Waals surface area contributed by atoms with Crippen LogP contribution in [0.3, 0.4) is 0 Å². The molecule has 4 rings (SSSR count). The highest BCUT2D eigenvalue weighted by Crippen LogP contribution is 2.54. The molecule has 1 saturated carbocycles. The monoisotopic (exact) mass is 444 g/mol. The van der Waals surface area contributed by atoms with Crippen LogP contribution in [-0.4, -0.2) is 17.1 Å². The fourth-order valence-corrected chi connectivity index (χ4v) is 6.01. The zero-order valence-electron chi connectivity index (χ0n) is 21.0. The van der Waals surface area contributed by atoms with E-state index in [1.165, 1.54) is 23.1 Å². The van der Waals surface area contributed by atoms with Crippen LogP contribution >= 0.6 is 0 Å². The first-order valence-electron chi connectivity index (χ1n) is 11.8. The van der Waals surface area contributed by atoms with Gasteiger partial charge in [-0.1, -0.05) is 45.0 Å². The topological polar surface area (TPSA) is 44.2 Å². The van der Waals surface area contributed by atoms with E-state index in [1.807, 2.05) is 13.0 Å². The molecule has 2 aromatic carbocycles. The number of aromatic nitrogens is 2. The molecule has 1 aromatic heterocycles. The second-order valence-corrected chi connectivity index (χ2v) is 10.7. The number of ether oxygens (including phenoxy) is 2. The van der Waals surface area contributed by atoms with Gasteiger partial charge in [0.1, 0.15) is 17.8 Å². The fourth-order valence-electron chi connectivity index (χ4n) is 6.01. The van der Waals surface area contributed by atoms with Crippen LogP contribution in [0, 0.1) is 32.1 Å². The van der Waals surface area contributed by atoms with Crippen LogP contribution < -0.4 is 9.47 Å². The highest BCUT2D eigenvalue weighted by Gasteiger charge is 2.45. The minimum absolute atomic E-state index is 0.0486. The predicted octanol–water partition coefficient (Wildman–Crippen LogP) is 7.34. The summed E-state index contributed by atoms with van der Waals surface area (Å²) >= 11 is 0. The number of benzene rings is 2. The minimum atomic E-state index is -0.0486. The first-order valence-corrected chi connectivity index (χ1v) is 11.8. The summed E-state index contributed by atoms with van der Waals surface area (Å²) in [5.74, 6) is 2.99. The Kier molecular flexibility index (Phi) is 6.22. The molecular formula is C29H36N2O2. The van der Waals surface area contributed by atoms with Gasteiger partial charge in [-0.25, -0.2) is 9.97 Å². The van der Waals surface area contributed by atoms with Gasteiger partial charge in [0.25, 0.3) is 0 Å². The van der Waals surface area contributed by atoms with Crippen molar-refractivity contribution in [1.82, 2.24) is 9.97 Å². The number of aryl methyl sites for hydroxylation is 3. The van der Waals surface area contributed by atoms with E-state index in [0.717, 1.165) is 35.6 Å². The summed E-state index contributed by atoms with van der Waals surface area (Å²) in [5.41, 5.74) is 6.13. The lowest BCUT2D eigenvalue weighted by atomic mass is 9.55. The molecule has 0 radical (unpaired) electrons. The summed E-state index contributed by atoms with van der Waals surface area (Å²) in [5, 5.41) is 0. The molecule has 0 N–H and O–H groups in total. The SMILES string of the molecule is COc1ccc(C2(c3ccc(Oc4cc(C)ncn4)c(C)c3)CC(C)CC(C)(C)C2)cc1C. The van der Waals surface area contributed by atoms with Crippen molar-refractivity contribution in [2.75, 3.05) is 7.11 Å². The van der Waals surface area contributed by atoms with Crippen molar-refractivity contribution < 1.29 is 9.47 Å². The average molecular weight is 445 g/mol. The van der Waals surface area contributed by atoms with Gasteiger partial charge < -0.3 is 9.47 Å². The van der Waals surface area contributed by atoms with Crippen LogP contribution in [0.4, 0.5) is 0 Å². The van der Waals surface area contributed by atoms with Crippen molar-refractivity contribution in [2.45, 2.75) is 66.2 Å². The zero-order valence-corrected chi connectivity index (χ0v) is 21.0. The summed E-state index contributed by atoms with van der Waals surface area (Å²) in [7, 11) is 1.74. The third-order valence-corrected chi connectivity index (χ3v) is 7.05. The molecule has 3 aromatic rings. The number of nitrogens with zero attached hydrogens (tertiary/aromatic N) is 2. The zero-order chi connectivity index (χ0) is 23.8. The van der Waals surface area contributed by atoms with Gasteiger partial charge in [-0.2, -0.15) is 0 Å². The maximum Gasteiger partial charge on any atom is 0.222 e. The van der Waals surface area contributed by atoms with Crippen molar-refractivity contribution in [3.05, 3.63) is 76.7 Å². The van der Waals surface area contributed by atoms with E-state index in [9.17, 15) is 0 Å². The lowest BCUT2D eigenvalue weighted by Gasteiger charge is -2.49. The summed E-state index contributed by atoms with van der Waals surface area (Å²) in [6.45, 7) is 13.4.